The summed E-state index contributed by atoms with van der Waals surface area (Å²) >= 11 is 0. The predicted octanol–water partition coefficient (Wildman–Crippen LogP) is 3.68. The molecule has 1 aromatic carbocycles. The molecule has 0 aliphatic carbocycles. The summed E-state index contributed by atoms with van der Waals surface area (Å²) in [6, 6.07) is 9.94. The number of hydrogen-bond acceptors (Lipinski definition) is 8. The number of nitrogens with one attached hydrogen (secondary N) is 1. The molecule has 2 atom stereocenters. The van der Waals surface area contributed by atoms with Gasteiger partial charge in [-0.2, -0.15) is 0 Å². The van der Waals surface area contributed by atoms with Crippen molar-refractivity contribution in [1.29, 1.82) is 0 Å². The van der Waals surface area contributed by atoms with Crippen LogP contribution in [0.3, 0.4) is 0 Å². The van der Waals surface area contributed by atoms with Crippen LogP contribution in [-0.4, -0.2) is 72.1 Å². The summed E-state index contributed by atoms with van der Waals surface area (Å²) in [4.78, 5) is 28.3. The first-order chi connectivity index (χ1) is 17.5. The average molecular weight is 487 g/mol. The van der Waals surface area contributed by atoms with E-state index in [0.29, 0.717) is 24.7 Å². The molecule has 1 amide bonds. The van der Waals surface area contributed by atoms with Crippen molar-refractivity contribution in [3.05, 3.63) is 55.1 Å². The molecule has 6 rings (SSSR count). The maximum atomic E-state index is 11.5. The van der Waals surface area contributed by atoms with E-state index < -0.39 is 6.09 Å². The van der Waals surface area contributed by atoms with Crippen LogP contribution in [0.5, 0.6) is 5.75 Å². The lowest BCUT2D eigenvalue weighted by atomic mass is 10.2. The molecule has 4 aromatic rings. The number of likely N-dealkylation sites (tertiary alicyclic amines) is 1. The number of fused-ring (bicyclic) bond motifs is 3. The first-order valence-corrected chi connectivity index (χ1v) is 11.9. The molecule has 0 unspecified atom stereocenters. The van der Waals surface area contributed by atoms with Gasteiger partial charge in [-0.3, -0.25) is 4.98 Å². The van der Waals surface area contributed by atoms with Crippen LogP contribution >= 0.6 is 0 Å². The smallest absolute Gasteiger partial charge is 0.407 e. The zero-order chi connectivity index (χ0) is 24.8. The minimum absolute atomic E-state index is 0.00187. The average Bonchev–Trinajstić information content (AvgIpc) is 3.58. The van der Waals surface area contributed by atoms with Gasteiger partial charge in [0.1, 0.15) is 17.4 Å². The summed E-state index contributed by atoms with van der Waals surface area (Å²) in [5.41, 5.74) is 1.72. The van der Waals surface area contributed by atoms with Crippen molar-refractivity contribution in [2.75, 3.05) is 23.3 Å². The number of amides is 1. The lowest BCUT2D eigenvalue weighted by Crippen LogP contribution is -2.48. The van der Waals surface area contributed by atoms with Gasteiger partial charge in [0, 0.05) is 49.2 Å². The van der Waals surface area contributed by atoms with Crippen LogP contribution in [-0.2, 0) is 0 Å². The van der Waals surface area contributed by atoms with Crippen molar-refractivity contribution in [2.45, 2.75) is 38.5 Å². The summed E-state index contributed by atoms with van der Waals surface area (Å²) < 4.78 is 7.82. The molecule has 11 nitrogen and oxygen atoms in total. The number of rotatable bonds is 6. The molecule has 2 bridgehead atoms. The highest BCUT2D eigenvalue weighted by Crippen LogP contribution is 2.35. The van der Waals surface area contributed by atoms with E-state index in [1.165, 1.54) is 4.90 Å². The Morgan fingerprint density at radius 1 is 1.11 bits per heavy atom. The third kappa shape index (κ3) is 3.92. The standard InChI is InChI=1S/C25H26N8O3/c1-15(2)36-19-3-4-20-21(11-19)33(30-24(20)29-22-12-26-7-8-27-22)16-5-6-28-23(10-16)31-13-18-9-17(31)14-32(18)25(34)35/h3-8,10-12,15,17-18H,9,13-14H2,1-2H3,(H,34,35)(H,27,29,30)/t17-,18-/m0/s1. The highest BCUT2D eigenvalue weighted by molar-refractivity contribution is 5.93. The molecular formula is C25H26N8O3. The molecule has 3 aromatic heterocycles. The quantitative estimate of drug-likeness (QED) is 0.420. The number of ether oxygens (including phenoxy) is 1. The molecule has 2 N–H and O–H groups in total. The topological polar surface area (TPSA) is 122 Å². The van der Waals surface area contributed by atoms with Gasteiger partial charge in [-0.15, -0.1) is 5.10 Å². The number of anilines is 3. The summed E-state index contributed by atoms with van der Waals surface area (Å²) in [6.07, 6.45) is 6.67. The van der Waals surface area contributed by atoms with Crippen molar-refractivity contribution in [3.63, 3.8) is 0 Å². The number of carbonyl (C=O) groups is 1. The number of nitrogens with zero attached hydrogens (tertiary/aromatic N) is 7. The summed E-state index contributed by atoms with van der Waals surface area (Å²) in [5.74, 6) is 2.81. The van der Waals surface area contributed by atoms with Gasteiger partial charge in [0.25, 0.3) is 0 Å². The van der Waals surface area contributed by atoms with Crippen molar-refractivity contribution in [3.8, 4) is 11.4 Å². The van der Waals surface area contributed by atoms with Crippen LogP contribution in [0.2, 0.25) is 0 Å². The third-order valence-corrected chi connectivity index (χ3v) is 6.59. The first-order valence-electron chi connectivity index (χ1n) is 11.9. The molecule has 2 aliphatic heterocycles. The van der Waals surface area contributed by atoms with Gasteiger partial charge in [-0.25, -0.2) is 19.4 Å². The molecule has 2 fully saturated rings. The Balaban J connectivity index is 1.38. The SMILES string of the molecule is CC(C)Oc1ccc2c(Nc3cnccn3)nn(-c3ccnc(N4C[C@@H]5C[C@H]4CN5C(=O)O)c3)c2c1. The molecule has 0 spiro atoms. The van der Waals surface area contributed by atoms with Gasteiger partial charge in [0.2, 0.25) is 0 Å². The molecule has 0 saturated carbocycles. The van der Waals surface area contributed by atoms with Gasteiger partial charge < -0.3 is 25.0 Å². The van der Waals surface area contributed by atoms with E-state index in [2.05, 4.69) is 25.2 Å². The van der Waals surface area contributed by atoms with E-state index in [4.69, 9.17) is 9.84 Å². The van der Waals surface area contributed by atoms with Gasteiger partial charge >= 0.3 is 6.09 Å². The number of benzene rings is 1. The summed E-state index contributed by atoms with van der Waals surface area (Å²) in [5, 5.41) is 18.5. The Labute approximate surface area is 207 Å². The molecule has 5 heterocycles. The third-order valence-electron chi connectivity index (χ3n) is 6.59. The van der Waals surface area contributed by atoms with E-state index in [0.717, 1.165) is 34.6 Å². The van der Waals surface area contributed by atoms with Crippen LogP contribution in [0, 0.1) is 0 Å². The number of carboxylic acid groups (broad SMARTS) is 1. The maximum absolute atomic E-state index is 11.5. The number of aromatic nitrogens is 5. The normalized spacial score (nSPS) is 18.9. The minimum atomic E-state index is -0.852. The van der Waals surface area contributed by atoms with Crippen LogP contribution in [0.1, 0.15) is 20.3 Å². The van der Waals surface area contributed by atoms with Crippen LogP contribution in [0.4, 0.5) is 22.2 Å². The second kappa shape index (κ2) is 8.67. The van der Waals surface area contributed by atoms with E-state index in [1.54, 1.807) is 24.8 Å². The lowest BCUT2D eigenvalue weighted by Gasteiger charge is -2.33. The van der Waals surface area contributed by atoms with Crippen molar-refractivity contribution < 1.29 is 14.6 Å². The maximum Gasteiger partial charge on any atom is 0.407 e. The molecule has 2 saturated heterocycles. The highest BCUT2D eigenvalue weighted by Gasteiger charge is 2.45. The first kappa shape index (κ1) is 22.1. The monoisotopic (exact) mass is 486 g/mol. The largest absolute Gasteiger partial charge is 0.491 e. The Kier molecular flexibility index (Phi) is 5.32. The number of piperazine rings is 1. The fourth-order valence-corrected chi connectivity index (χ4v) is 5.09. The fourth-order valence-electron chi connectivity index (χ4n) is 5.09. The molecule has 0 radical (unpaired) electrons. The van der Waals surface area contributed by atoms with Crippen LogP contribution < -0.4 is 15.0 Å². The molecular weight excluding hydrogens is 460 g/mol. The highest BCUT2D eigenvalue weighted by atomic mass is 16.5. The van der Waals surface area contributed by atoms with Gasteiger partial charge in [-0.05, 0) is 38.5 Å². The van der Waals surface area contributed by atoms with E-state index in [1.807, 2.05) is 48.9 Å². The van der Waals surface area contributed by atoms with Gasteiger partial charge in [-0.1, -0.05) is 0 Å². The minimum Gasteiger partial charge on any atom is -0.491 e. The zero-order valence-corrected chi connectivity index (χ0v) is 19.9. The molecule has 184 valence electrons. The Morgan fingerprint density at radius 2 is 2.00 bits per heavy atom. The Bertz CT molecular complexity index is 1420. The van der Waals surface area contributed by atoms with E-state index >= 15 is 0 Å². The van der Waals surface area contributed by atoms with E-state index in [9.17, 15) is 9.90 Å². The Hall–Kier alpha value is -4.41. The lowest BCUT2D eigenvalue weighted by molar-refractivity contribution is 0.137. The van der Waals surface area contributed by atoms with Crippen LogP contribution in [0.15, 0.2) is 55.1 Å². The summed E-state index contributed by atoms with van der Waals surface area (Å²) in [6.45, 7) is 5.12. The zero-order valence-electron chi connectivity index (χ0n) is 19.9. The van der Waals surface area contributed by atoms with Crippen molar-refractivity contribution >= 4 is 34.4 Å². The van der Waals surface area contributed by atoms with Crippen molar-refractivity contribution in [2.24, 2.45) is 0 Å². The van der Waals surface area contributed by atoms with Gasteiger partial charge in [0.15, 0.2) is 5.82 Å². The number of hydrogen-bond donors (Lipinski definition) is 2. The predicted molar refractivity (Wildman–Crippen MR) is 134 cm³/mol. The van der Waals surface area contributed by atoms with Crippen molar-refractivity contribution in [1.82, 2.24) is 29.6 Å². The molecule has 2 aliphatic rings. The Morgan fingerprint density at radius 3 is 2.72 bits per heavy atom. The second-order valence-corrected chi connectivity index (χ2v) is 9.32. The van der Waals surface area contributed by atoms with Crippen LogP contribution in [0.25, 0.3) is 16.6 Å². The number of pyridine rings is 1. The second-order valence-electron chi connectivity index (χ2n) is 9.32. The molecule has 11 heteroatoms. The van der Waals surface area contributed by atoms with E-state index in [-0.39, 0.29) is 18.2 Å². The summed E-state index contributed by atoms with van der Waals surface area (Å²) in [7, 11) is 0. The molecule has 36 heavy (non-hydrogen) atoms. The van der Waals surface area contributed by atoms with Gasteiger partial charge in [0.05, 0.1) is 35.6 Å². The fraction of sp³-hybridized carbons (Fsp3) is 0.320.